The van der Waals surface area contributed by atoms with Crippen molar-refractivity contribution in [3.05, 3.63) is 77.9 Å². The van der Waals surface area contributed by atoms with Gasteiger partial charge in [0.2, 0.25) is 10.0 Å². The van der Waals surface area contributed by atoms with Gasteiger partial charge in [0.25, 0.3) is 15.9 Å². The number of aryl methyl sites for hydroxylation is 1. The van der Waals surface area contributed by atoms with Crippen molar-refractivity contribution in [2.24, 2.45) is 5.92 Å². The van der Waals surface area contributed by atoms with Gasteiger partial charge in [-0.2, -0.15) is 4.31 Å². The first-order valence-electron chi connectivity index (χ1n) is 16.7. The van der Waals surface area contributed by atoms with E-state index < -0.39 is 38.1 Å². The van der Waals surface area contributed by atoms with Crippen molar-refractivity contribution in [1.82, 2.24) is 9.21 Å². The molecule has 1 aliphatic heterocycles. The maximum absolute atomic E-state index is 14.4. The van der Waals surface area contributed by atoms with Crippen LogP contribution in [-0.4, -0.2) is 95.8 Å². The lowest BCUT2D eigenvalue weighted by atomic mass is 10.0. The third kappa shape index (κ3) is 9.75. The van der Waals surface area contributed by atoms with E-state index in [1.807, 2.05) is 20.8 Å². The van der Waals surface area contributed by atoms with Gasteiger partial charge >= 0.3 is 0 Å². The molecule has 3 aromatic rings. The maximum atomic E-state index is 14.4. The normalized spacial score (nSPS) is 20.4. The van der Waals surface area contributed by atoms with E-state index in [-0.39, 0.29) is 52.8 Å². The first kappa shape index (κ1) is 39.1. The molecular formula is C36H49N3O9S2. The molecule has 0 aliphatic carbocycles. The molecule has 0 fully saturated rings. The molecule has 14 heteroatoms. The smallest absolute Gasteiger partial charge is 0.261 e. The lowest BCUT2D eigenvalue weighted by molar-refractivity contribution is -0.00833. The number of anilines is 1. The molecule has 0 saturated heterocycles. The number of fused-ring (bicyclic) bond motifs is 1. The quantitative estimate of drug-likeness (QED) is 0.296. The molecule has 274 valence electrons. The summed E-state index contributed by atoms with van der Waals surface area (Å²) in [6.45, 7) is 7.50. The standard InChI is InChI=1S/C36H49N3O9S2/c1-25-10-15-31(16-11-25)49(42,43)37-29-12-19-34-33(21-29)36(41)39(27(3)24-40)22-26(2)35(47-20-8-7-9-28(4)48-34)23-38(5)50(44,45)32-17-13-30(46-6)14-18-32/h10-19,21,26-28,35,37,40H,7-9,20,22-24H2,1-6H3/t26-,27+,28-,35-/m1/s1. The van der Waals surface area contributed by atoms with E-state index >= 15 is 0 Å². The van der Waals surface area contributed by atoms with Crippen molar-refractivity contribution in [1.29, 1.82) is 0 Å². The zero-order valence-electron chi connectivity index (χ0n) is 29.5. The monoisotopic (exact) mass is 731 g/mol. The first-order valence-corrected chi connectivity index (χ1v) is 19.6. The van der Waals surface area contributed by atoms with Crippen molar-refractivity contribution < 1.29 is 40.9 Å². The van der Waals surface area contributed by atoms with Crippen LogP contribution in [0.4, 0.5) is 5.69 Å². The number of aliphatic hydroxyl groups excluding tert-OH is 1. The number of nitrogens with one attached hydrogen (secondary N) is 1. The van der Waals surface area contributed by atoms with Crippen molar-refractivity contribution >= 4 is 31.6 Å². The van der Waals surface area contributed by atoms with Gasteiger partial charge in [0.1, 0.15) is 11.5 Å². The average molecular weight is 732 g/mol. The predicted molar refractivity (Wildman–Crippen MR) is 192 cm³/mol. The number of nitrogens with zero attached hydrogens (tertiary/aromatic N) is 2. The van der Waals surface area contributed by atoms with Crippen LogP contribution >= 0.6 is 0 Å². The highest BCUT2D eigenvalue weighted by molar-refractivity contribution is 7.92. The molecule has 50 heavy (non-hydrogen) atoms. The summed E-state index contributed by atoms with van der Waals surface area (Å²) in [6.07, 6.45) is 1.24. The number of sulfonamides is 2. The zero-order valence-corrected chi connectivity index (χ0v) is 31.2. The molecule has 0 bridgehead atoms. The van der Waals surface area contributed by atoms with Crippen LogP contribution in [0.5, 0.6) is 11.5 Å². The second kappa shape index (κ2) is 17.0. The number of carbonyl (C=O) groups excluding carboxylic acids is 1. The fourth-order valence-corrected chi connectivity index (χ4v) is 7.89. The van der Waals surface area contributed by atoms with Crippen LogP contribution in [0.15, 0.2) is 76.5 Å². The van der Waals surface area contributed by atoms with E-state index in [0.717, 1.165) is 12.0 Å². The molecule has 0 unspecified atom stereocenters. The van der Waals surface area contributed by atoms with Gasteiger partial charge in [0.05, 0.1) is 47.3 Å². The summed E-state index contributed by atoms with van der Waals surface area (Å²) in [5.41, 5.74) is 1.21. The molecule has 12 nitrogen and oxygen atoms in total. The van der Waals surface area contributed by atoms with E-state index in [1.54, 1.807) is 43.3 Å². The maximum Gasteiger partial charge on any atom is 0.261 e. The van der Waals surface area contributed by atoms with Crippen molar-refractivity contribution in [2.75, 3.05) is 45.2 Å². The number of methoxy groups -OCH3 is 1. The second-order valence-electron chi connectivity index (χ2n) is 12.9. The third-order valence-electron chi connectivity index (χ3n) is 8.84. The Bertz CT molecular complexity index is 1800. The number of rotatable bonds is 10. The summed E-state index contributed by atoms with van der Waals surface area (Å²) in [5, 5.41) is 10.2. The van der Waals surface area contributed by atoms with Crippen LogP contribution in [0.25, 0.3) is 0 Å². The number of likely N-dealkylation sites (N-methyl/N-ethyl adjacent to an activating group) is 1. The van der Waals surface area contributed by atoms with Gasteiger partial charge in [-0.15, -0.1) is 0 Å². The zero-order chi connectivity index (χ0) is 36.6. The lowest BCUT2D eigenvalue weighted by Gasteiger charge is -2.35. The predicted octanol–water partition coefficient (Wildman–Crippen LogP) is 4.92. The summed E-state index contributed by atoms with van der Waals surface area (Å²) in [4.78, 5) is 16.1. The third-order valence-corrected chi connectivity index (χ3v) is 12.1. The Kier molecular flexibility index (Phi) is 13.3. The van der Waals surface area contributed by atoms with Crippen LogP contribution in [0.3, 0.4) is 0 Å². The molecule has 0 radical (unpaired) electrons. The van der Waals surface area contributed by atoms with Crippen molar-refractivity contribution in [3.8, 4) is 11.5 Å². The number of hydrogen-bond acceptors (Lipinski definition) is 9. The van der Waals surface area contributed by atoms with Crippen LogP contribution in [0.2, 0.25) is 0 Å². The minimum absolute atomic E-state index is 0.0199. The molecule has 2 N–H and O–H groups in total. The SMILES string of the molecule is COc1ccc(S(=O)(=O)N(C)C[C@H]2OCCCC[C@@H](C)Oc3ccc(NS(=O)(=O)c4ccc(C)cc4)cc3C(=O)N([C@@H](C)CO)C[C@H]2C)cc1. The van der Waals surface area contributed by atoms with E-state index in [9.17, 15) is 26.7 Å². The molecule has 4 atom stereocenters. The average Bonchev–Trinajstić information content (AvgIpc) is 3.09. The van der Waals surface area contributed by atoms with E-state index in [4.69, 9.17) is 14.2 Å². The van der Waals surface area contributed by atoms with Gasteiger partial charge in [-0.1, -0.05) is 24.6 Å². The first-order chi connectivity index (χ1) is 23.7. The van der Waals surface area contributed by atoms with Gasteiger partial charge in [-0.05, 0) is 94.6 Å². The van der Waals surface area contributed by atoms with Crippen LogP contribution in [0, 0.1) is 12.8 Å². The summed E-state index contributed by atoms with van der Waals surface area (Å²) in [7, 11) is -4.84. The summed E-state index contributed by atoms with van der Waals surface area (Å²) in [5.74, 6) is -0.0314. The number of hydrogen-bond donors (Lipinski definition) is 2. The summed E-state index contributed by atoms with van der Waals surface area (Å²) in [6, 6.07) is 16.5. The Morgan fingerprint density at radius 1 is 1.00 bits per heavy atom. The Morgan fingerprint density at radius 3 is 2.30 bits per heavy atom. The minimum Gasteiger partial charge on any atom is -0.497 e. The number of carbonyl (C=O) groups is 1. The second-order valence-corrected chi connectivity index (χ2v) is 16.6. The molecule has 1 heterocycles. The van der Waals surface area contributed by atoms with Gasteiger partial charge in [-0.25, -0.2) is 16.8 Å². The van der Waals surface area contributed by atoms with Gasteiger partial charge in [-0.3, -0.25) is 9.52 Å². The Hall–Kier alpha value is -3.69. The molecule has 3 aromatic carbocycles. The Morgan fingerprint density at radius 2 is 1.66 bits per heavy atom. The molecule has 1 aliphatic rings. The van der Waals surface area contributed by atoms with Gasteiger partial charge < -0.3 is 24.2 Å². The number of aliphatic hydroxyl groups is 1. The van der Waals surface area contributed by atoms with Gasteiger partial charge in [0.15, 0.2) is 0 Å². The van der Waals surface area contributed by atoms with E-state index in [2.05, 4.69) is 4.72 Å². The van der Waals surface area contributed by atoms with Crippen LogP contribution in [-0.2, 0) is 24.8 Å². The number of ether oxygens (including phenoxy) is 3. The lowest BCUT2D eigenvalue weighted by Crippen LogP contribution is -2.48. The van der Waals surface area contributed by atoms with Crippen LogP contribution < -0.4 is 14.2 Å². The number of amides is 1. The summed E-state index contributed by atoms with van der Waals surface area (Å²) >= 11 is 0. The Labute approximate surface area is 296 Å². The number of benzene rings is 3. The highest BCUT2D eigenvalue weighted by Crippen LogP contribution is 2.30. The fourth-order valence-electron chi connectivity index (χ4n) is 5.66. The fraction of sp³-hybridized carbons (Fsp3) is 0.472. The topological polar surface area (TPSA) is 152 Å². The largest absolute Gasteiger partial charge is 0.497 e. The van der Waals surface area contributed by atoms with Crippen LogP contribution in [0.1, 0.15) is 56.0 Å². The van der Waals surface area contributed by atoms with Gasteiger partial charge in [0, 0.05) is 38.3 Å². The van der Waals surface area contributed by atoms with Crippen molar-refractivity contribution in [2.45, 2.75) is 75.0 Å². The molecule has 0 aromatic heterocycles. The molecule has 0 saturated carbocycles. The highest BCUT2D eigenvalue weighted by atomic mass is 32.2. The van der Waals surface area contributed by atoms with E-state index in [1.165, 1.54) is 53.7 Å². The molecule has 4 rings (SSSR count). The molecule has 1 amide bonds. The molecule has 0 spiro atoms. The Balaban J connectivity index is 1.66. The molecular weight excluding hydrogens is 683 g/mol. The minimum atomic E-state index is -3.96. The summed E-state index contributed by atoms with van der Waals surface area (Å²) < 4.78 is 75.1. The highest BCUT2D eigenvalue weighted by Gasteiger charge is 2.32. The van der Waals surface area contributed by atoms with Crippen molar-refractivity contribution in [3.63, 3.8) is 0 Å². The van der Waals surface area contributed by atoms with E-state index in [0.29, 0.717) is 30.9 Å².